The largest absolute Gasteiger partial charge is 0.387 e. The number of hydrogen-bond donors (Lipinski definition) is 2. The SMILES string of the molecule is OC1C(OP)OC(COP)C(OP)C1O. The second-order valence-electron chi connectivity index (χ2n) is 3.09. The zero-order valence-electron chi connectivity index (χ0n) is 7.85. The van der Waals surface area contributed by atoms with Crippen molar-refractivity contribution in [2.75, 3.05) is 6.61 Å². The van der Waals surface area contributed by atoms with Gasteiger partial charge in [0, 0.05) is 28.4 Å². The van der Waals surface area contributed by atoms with E-state index in [1.54, 1.807) is 0 Å². The second kappa shape index (κ2) is 6.70. The minimum atomic E-state index is -1.16. The third kappa shape index (κ3) is 3.26. The van der Waals surface area contributed by atoms with E-state index in [9.17, 15) is 10.2 Å². The van der Waals surface area contributed by atoms with Crippen LogP contribution in [0.3, 0.4) is 0 Å². The van der Waals surface area contributed by atoms with E-state index in [0.29, 0.717) is 0 Å². The van der Waals surface area contributed by atoms with Crippen LogP contribution in [0.4, 0.5) is 0 Å². The summed E-state index contributed by atoms with van der Waals surface area (Å²) in [5.74, 6) is 0. The minimum absolute atomic E-state index is 0.206. The van der Waals surface area contributed by atoms with E-state index in [0.717, 1.165) is 0 Å². The van der Waals surface area contributed by atoms with Gasteiger partial charge in [-0.15, -0.1) is 0 Å². The Bertz CT molecular complexity index is 196. The Morgan fingerprint density at radius 2 is 1.73 bits per heavy atom. The van der Waals surface area contributed by atoms with Crippen LogP contribution < -0.4 is 0 Å². The van der Waals surface area contributed by atoms with Crippen LogP contribution >= 0.6 is 28.4 Å². The van der Waals surface area contributed by atoms with E-state index in [-0.39, 0.29) is 6.61 Å². The summed E-state index contributed by atoms with van der Waals surface area (Å²) < 4.78 is 19.9. The highest BCUT2D eigenvalue weighted by atomic mass is 31.0. The fourth-order valence-corrected chi connectivity index (χ4v) is 2.17. The van der Waals surface area contributed by atoms with E-state index in [4.69, 9.17) is 18.3 Å². The van der Waals surface area contributed by atoms with Gasteiger partial charge in [0.15, 0.2) is 6.29 Å². The van der Waals surface area contributed by atoms with Crippen LogP contribution in [0.1, 0.15) is 0 Å². The summed E-state index contributed by atoms with van der Waals surface area (Å²) in [4.78, 5) is 0. The molecule has 2 N–H and O–H groups in total. The topological polar surface area (TPSA) is 77.4 Å². The highest BCUT2D eigenvalue weighted by molar-refractivity contribution is 7.10. The molecule has 1 fully saturated rings. The lowest BCUT2D eigenvalue weighted by Gasteiger charge is -2.40. The first-order valence-electron chi connectivity index (χ1n) is 4.20. The van der Waals surface area contributed by atoms with Crippen molar-refractivity contribution >= 4 is 28.4 Å². The average molecular weight is 276 g/mol. The van der Waals surface area contributed by atoms with Gasteiger partial charge in [0.2, 0.25) is 0 Å². The lowest BCUT2D eigenvalue weighted by atomic mass is 9.99. The maximum atomic E-state index is 9.72. The van der Waals surface area contributed by atoms with Crippen LogP contribution in [0.15, 0.2) is 0 Å². The molecule has 8 atom stereocenters. The molecule has 6 nitrogen and oxygen atoms in total. The molecule has 9 heteroatoms. The number of hydrogen-bond acceptors (Lipinski definition) is 6. The molecule has 0 amide bonds. The summed E-state index contributed by atoms with van der Waals surface area (Å²) in [5, 5.41) is 19.3. The number of ether oxygens (including phenoxy) is 1. The van der Waals surface area contributed by atoms with Crippen molar-refractivity contribution < 1.29 is 28.5 Å². The molecule has 0 aliphatic carbocycles. The maximum absolute atomic E-state index is 9.72. The Kier molecular flexibility index (Phi) is 6.31. The number of aliphatic hydroxyl groups excluding tert-OH is 2. The van der Waals surface area contributed by atoms with Crippen LogP contribution in [0.2, 0.25) is 0 Å². The van der Waals surface area contributed by atoms with Gasteiger partial charge in [0.1, 0.15) is 24.4 Å². The minimum Gasteiger partial charge on any atom is -0.387 e. The highest BCUT2D eigenvalue weighted by Gasteiger charge is 2.45. The summed E-state index contributed by atoms with van der Waals surface area (Å²) >= 11 is 0. The van der Waals surface area contributed by atoms with Crippen molar-refractivity contribution in [3.8, 4) is 0 Å². The molecule has 0 aromatic rings. The number of aliphatic hydroxyl groups is 2. The van der Waals surface area contributed by atoms with Crippen molar-refractivity contribution in [3.05, 3.63) is 0 Å². The first-order chi connectivity index (χ1) is 7.15. The van der Waals surface area contributed by atoms with E-state index in [1.165, 1.54) is 0 Å². The van der Waals surface area contributed by atoms with Crippen LogP contribution in [0.5, 0.6) is 0 Å². The molecule has 0 aromatic heterocycles. The normalized spacial score (nSPS) is 41.8. The Balaban J connectivity index is 2.70. The molecule has 1 saturated heterocycles. The van der Waals surface area contributed by atoms with Gasteiger partial charge in [-0.2, -0.15) is 0 Å². The van der Waals surface area contributed by atoms with Crippen LogP contribution in [-0.4, -0.2) is 47.5 Å². The molecule has 90 valence electrons. The van der Waals surface area contributed by atoms with Gasteiger partial charge >= 0.3 is 0 Å². The smallest absolute Gasteiger partial charge is 0.189 e. The highest BCUT2D eigenvalue weighted by Crippen LogP contribution is 2.27. The third-order valence-corrected chi connectivity index (χ3v) is 2.97. The molecule has 0 aromatic carbocycles. The van der Waals surface area contributed by atoms with Gasteiger partial charge in [0.25, 0.3) is 0 Å². The van der Waals surface area contributed by atoms with E-state index >= 15 is 0 Å². The molecule has 0 spiro atoms. The second-order valence-corrected chi connectivity index (χ2v) is 3.97. The van der Waals surface area contributed by atoms with Crippen molar-refractivity contribution in [2.24, 2.45) is 0 Å². The Labute approximate surface area is 94.9 Å². The fourth-order valence-electron chi connectivity index (χ4n) is 1.42. The van der Waals surface area contributed by atoms with Crippen LogP contribution in [0.25, 0.3) is 0 Å². The Morgan fingerprint density at radius 1 is 1.07 bits per heavy atom. The maximum Gasteiger partial charge on any atom is 0.189 e. The van der Waals surface area contributed by atoms with Gasteiger partial charge < -0.3 is 28.5 Å². The molecule has 1 heterocycles. The molecule has 1 aliphatic heterocycles. The molecular formula is C6H15O6P3. The molecule has 0 bridgehead atoms. The standard InChI is InChI=1S/C6H15O6P3/c7-3-4(8)6(12-15)10-2(1-9-13)5(3)11-14/h2-8H,1,13-15H2. The summed E-state index contributed by atoms with van der Waals surface area (Å²) in [6.07, 6.45) is -4.35. The lowest BCUT2D eigenvalue weighted by Crippen LogP contribution is -2.58. The van der Waals surface area contributed by atoms with Crippen molar-refractivity contribution in [2.45, 2.75) is 30.7 Å². The summed E-state index contributed by atoms with van der Waals surface area (Å²) in [6.45, 7) is 0.206. The molecule has 8 unspecified atom stereocenters. The Hall–Kier alpha value is 1.05. The van der Waals surface area contributed by atoms with E-state index in [2.05, 4.69) is 9.47 Å². The molecule has 0 radical (unpaired) electrons. The monoisotopic (exact) mass is 276 g/mol. The Morgan fingerprint density at radius 3 is 2.20 bits per heavy atom. The molecule has 1 aliphatic rings. The van der Waals surface area contributed by atoms with Gasteiger partial charge in [-0.25, -0.2) is 0 Å². The first kappa shape index (κ1) is 14.1. The lowest BCUT2D eigenvalue weighted by molar-refractivity contribution is -0.266. The van der Waals surface area contributed by atoms with Gasteiger partial charge in [-0.05, 0) is 0 Å². The molecule has 0 saturated carbocycles. The summed E-state index contributed by atoms with van der Waals surface area (Å²) in [7, 11) is 6.08. The van der Waals surface area contributed by atoms with Crippen molar-refractivity contribution in [3.63, 3.8) is 0 Å². The molecule has 15 heavy (non-hydrogen) atoms. The first-order valence-corrected chi connectivity index (χ1v) is 5.61. The third-order valence-electron chi connectivity index (χ3n) is 2.19. The summed E-state index contributed by atoms with van der Waals surface area (Å²) in [6, 6.07) is 0. The van der Waals surface area contributed by atoms with E-state index < -0.39 is 30.7 Å². The van der Waals surface area contributed by atoms with Crippen molar-refractivity contribution in [1.29, 1.82) is 0 Å². The quantitative estimate of drug-likeness (QED) is 0.656. The zero-order valence-corrected chi connectivity index (χ0v) is 11.3. The fraction of sp³-hybridized carbons (Fsp3) is 1.00. The molecule has 1 rings (SSSR count). The van der Waals surface area contributed by atoms with Gasteiger partial charge in [-0.3, -0.25) is 0 Å². The van der Waals surface area contributed by atoms with Gasteiger partial charge in [0.05, 0.1) is 6.61 Å². The zero-order chi connectivity index (χ0) is 11.4. The van der Waals surface area contributed by atoms with Gasteiger partial charge in [-0.1, -0.05) is 0 Å². The number of rotatable bonds is 4. The predicted molar refractivity (Wildman–Crippen MR) is 61.7 cm³/mol. The molecular weight excluding hydrogens is 261 g/mol. The predicted octanol–water partition coefficient (Wildman–Crippen LogP) is -0.778. The van der Waals surface area contributed by atoms with E-state index in [1.807, 2.05) is 18.9 Å². The van der Waals surface area contributed by atoms with Crippen LogP contribution in [0, 0.1) is 0 Å². The van der Waals surface area contributed by atoms with Crippen LogP contribution in [-0.2, 0) is 18.3 Å². The average Bonchev–Trinajstić information content (AvgIpc) is 2.24. The van der Waals surface area contributed by atoms with Crippen molar-refractivity contribution in [1.82, 2.24) is 0 Å². The summed E-state index contributed by atoms with van der Waals surface area (Å²) in [5.41, 5.74) is 0.